The minimum atomic E-state index is -3.74. The predicted molar refractivity (Wildman–Crippen MR) is 110 cm³/mol. The van der Waals surface area contributed by atoms with E-state index in [1.807, 2.05) is 0 Å². The molecule has 4 rings (SSSR count). The van der Waals surface area contributed by atoms with Gasteiger partial charge in [0.25, 0.3) is 17.7 Å². The number of nitrogens with zero attached hydrogens (tertiary/aromatic N) is 2. The van der Waals surface area contributed by atoms with Gasteiger partial charge in [-0.05, 0) is 43.2 Å². The summed E-state index contributed by atoms with van der Waals surface area (Å²) in [5.74, 6) is -1.45. The lowest BCUT2D eigenvalue weighted by Crippen LogP contribution is -2.36. The lowest BCUT2D eigenvalue weighted by Gasteiger charge is -2.26. The number of hydrogen-bond acceptors (Lipinski definition) is 5. The molecule has 1 fully saturated rings. The van der Waals surface area contributed by atoms with E-state index in [4.69, 9.17) is 0 Å². The van der Waals surface area contributed by atoms with Crippen LogP contribution in [0.4, 0.5) is 5.69 Å². The van der Waals surface area contributed by atoms with Crippen LogP contribution in [0.25, 0.3) is 0 Å². The number of hydrogen-bond donors (Lipinski definition) is 1. The van der Waals surface area contributed by atoms with Crippen LogP contribution >= 0.6 is 0 Å². The highest BCUT2D eigenvalue weighted by Gasteiger charge is 2.33. The van der Waals surface area contributed by atoms with Crippen molar-refractivity contribution in [3.8, 4) is 0 Å². The van der Waals surface area contributed by atoms with Gasteiger partial charge in [0.1, 0.15) is 4.90 Å². The SMILES string of the molecule is CN1C(=O)c2ccc(C(=O)Nc3ccccc3S(=O)(=O)N3CCCCC3)cc2C1=O. The number of benzene rings is 2. The highest BCUT2D eigenvalue weighted by atomic mass is 32.2. The Hall–Kier alpha value is -3.04. The highest BCUT2D eigenvalue weighted by molar-refractivity contribution is 7.89. The number of sulfonamides is 1. The molecule has 9 heteroatoms. The molecule has 0 saturated carbocycles. The van der Waals surface area contributed by atoms with Gasteiger partial charge in [-0.2, -0.15) is 4.31 Å². The van der Waals surface area contributed by atoms with Crippen LogP contribution in [-0.4, -0.2) is 55.5 Å². The fraction of sp³-hybridized carbons (Fsp3) is 0.286. The number of para-hydroxylation sites is 1. The monoisotopic (exact) mass is 427 g/mol. The zero-order chi connectivity index (χ0) is 21.5. The van der Waals surface area contributed by atoms with E-state index in [0.717, 1.165) is 24.2 Å². The molecule has 8 nitrogen and oxygen atoms in total. The summed E-state index contributed by atoms with van der Waals surface area (Å²) in [5, 5.41) is 2.65. The van der Waals surface area contributed by atoms with Gasteiger partial charge in [-0.15, -0.1) is 0 Å². The van der Waals surface area contributed by atoms with Crippen LogP contribution in [0.15, 0.2) is 47.4 Å². The topological polar surface area (TPSA) is 104 Å². The van der Waals surface area contributed by atoms with E-state index < -0.39 is 27.7 Å². The van der Waals surface area contributed by atoms with E-state index in [-0.39, 0.29) is 27.3 Å². The molecule has 0 bridgehead atoms. The Labute approximate surface area is 174 Å². The van der Waals surface area contributed by atoms with E-state index in [9.17, 15) is 22.8 Å². The first kappa shape index (κ1) is 20.2. The third-order valence-electron chi connectivity index (χ3n) is 5.42. The largest absolute Gasteiger partial charge is 0.321 e. The van der Waals surface area contributed by atoms with Crippen LogP contribution in [0, 0.1) is 0 Å². The average Bonchev–Trinajstić information content (AvgIpc) is 2.98. The van der Waals surface area contributed by atoms with Crippen LogP contribution in [0.5, 0.6) is 0 Å². The number of anilines is 1. The number of carbonyl (C=O) groups is 3. The normalized spacial score (nSPS) is 17.2. The third-order valence-corrected chi connectivity index (χ3v) is 7.38. The standard InChI is InChI=1S/C21H21N3O5S/c1-23-20(26)15-10-9-14(13-16(15)21(23)27)19(25)22-17-7-3-4-8-18(17)30(28,29)24-11-5-2-6-12-24/h3-4,7-10,13H,2,5-6,11-12H2,1H3,(H,22,25). The minimum absolute atomic E-state index is 0.0346. The molecule has 0 radical (unpaired) electrons. The second-order valence-corrected chi connectivity index (χ2v) is 9.25. The summed E-state index contributed by atoms with van der Waals surface area (Å²) in [6, 6.07) is 10.5. The second-order valence-electron chi connectivity index (χ2n) is 7.34. The molecule has 156 valence electrons. The van der Waals surface area contributed by atoms with E-state index >= 15 is 0 Å². The van der Waals surface area contributed by atoms with Crippen molar-refractivity contribution in [2.45, 2.75) is 24.2 Å². The van der Waals surface area contributed by atoms with Crippen LogP contribution in [-0.2, 0) is 10.0 Å². The van der Waals surface area contributed by atoms with Gasteiger partial charge in [-0.1, -0.05) is 18.6 Å². The Kier molecular flexibility index (Phi) is 5.17. The maximum Gasteiger partial charge on any atom is 0.261 e. The van der Waals surface area contributed by atoms with Gasteiger partial charge >= 0.3 is 0 Å². The Morgan fingerprint density at radius 2 is 1.60 bits per heavy atom. The summed E-state index contributed by atoms with van der Waals surface area (Å²) in [7, 11) is -2.36. The molecule has 2 heterocycles. The molecule has 0 aromatic heterocycles. The van der Waals surface area contributed by atoms with Crippen molar-refractivity contribution >= 4 is 33.4 Å². The van der Waals surface area contributed by atoms with Gasteiger partial charge in [0.15, 0.2) is 0 Å². The fourth-order valence-corrected chi connectivity index (χ4v) is 5.40. The molecular weight excluding hydrogens is 406 g/mol. The van der Waals surface area contributed by atoms with Crippen LogP contribution in [0.2, 0.25) is 0 Å². The van der Waals surface area contributed by atoms with E-state index in [2.05, 4.69) is 5.32 Å². The molecule has 1 saturated heterocycles. The van der Waals surface area contributed by atoms with Gasteiger partial charge in [-0.3, -0.25) is 19.3 Å². The quantitative estimate of drug-likeness (QED) is 0.755. The van der Waals surface area contributed by atoms with Crippen molar-refractivity contribution in [1.29, 1.82) is 0 Å². The fourth-order valence-electron chi connectivity index (χ4n) is 3.74. The van der Waals surface area contributed by atoms with Gasteiger partial charge in [0.05, 0.1) is 16.8 Å². The predicted octanol–water partition coefficient (Wildman–Crippen LogP) is 2.34. The van der Waals surface area contributed by atoms with E-state index in [1.54, 1.807) is 12.1 Å². The Morgan fingerprint density at radius 3 is 2.33 bits per heavy atom. The van der Waals surface area contributed by atoms with Crippen molar-refractivity contribution in [3.05, 3.63) is 59.2 Å². The number of carbonyl (C=O) groups excluding carboxylic acids is 3. The second kappa shape index (κ2) is 7.66. The molecule has 30 heavy (non-hydrogen) atoms. The first-order valence-electron chi connectivity index (χ1n) is 9.67. The minimum Gasteiger partial charge on any atom is -0.321 e. The Morgan fingerprint density at radius 1 is 0.933 bits per heavy atom. The number of rotatable bonds is 4. The molecule has 1 N–H and O–H groups in total. The maximum absolute atomic E-state index is 13.1. The van der Waals surface area contributed by atoms with E-state index in [0.29, 0.717) is 13.1 Å². The average molecular weight is 427 g/mol. The van der Waals surface area contributed by atoms with Crippen LogP contribution in [0.1, 0.15) is 50.3 Å². The van der Waals surface area contributed by atoms with Gasteiger partial charge in [0.2, 0.25) is 10.0 Å². The number of imide groups is 1. The first-order chi connectivity index (χ1) is 14.3. The van der Waals surface area contributed by atoms with E-state index in [1.165, 1.54) is 41.7 Å². The molecule has 3 amide bonds. The summed E-state index contributed by atoms with van der Waals surface area (Å²) in [4.78, 5) is 38.0. The van der Waals surface area contributed by atoms with Crippen molar-refractivity contribution in [1.82, 2.24) is 9.21 Å². The number of nitrogens with one attached hydrogen (secondary N) is 1. The molecule has 2 aliphatic rings. The smallest absolute Gasteiger partial charge is 0.261 e. The number of amides is 3. The van der Waals surface area contributed by atoms with Gasteiger partial charge < -0.3 is 5.32 Å². The Bertz CT molecular complexity index is 1150. The lowest BCUT2D eigenvalue weighted by atomic mass is 10.1. The zero-order valence-corrected chi connectivity index (χ0v) is 17.2. The van der Waals surface area contributed by atoms with Crippen molar-refractivity contribution in [2.24, 2.45) is 0 Å². The molecular formula is C21H21N3O5S. The summed E-state index contributed by atoms with van der Waals surface area (Å²) < 4.78 is 27.6. The maximum atomic E-state index is 13.1. The number of piperidine rings is 1. The van der Waals surface area contributed by atoms with Crippen LogP contribution in [0.3, 0.4) is 0 Å². The molecule has 0 unspecified atom stereocenters. The molecule has 0 atom stereocenters. The summed E-state index contributed by atoms with van der Waals surface area (Å²) in [5.41, 5.74) is 0.736. The summed E-state index contributed by atoms with van der Waals surface area (Å²) in [6.07, 6.45) is 2.62. The molecule has 2 aromatic rings. The van der Waals surface area contributed by atoms with Crippen molar-refractivity contribution in [3.63, 3.8) is 0 Å². The lowest BCUT2D eigenvalue weighted by molar-refractivity contribution is 0.0693. The van der Waals surface area contributed by atoms with Crippen molar-refractivity contribution < 1.29 is 22.8 Å². The number of fused-ring (bicyclic) bond motifs is 1. The molecule has 0 spiro atoms. The summed E-state index contributed by atoms with van der Waals surface area (Å²) in [6.45, 7) is 0.915. The third kappa shape index (κ3) is 3.40. The molecule has 2 aliphatic heterocycles. The van der Waals surface area contributed by atoms with Gasteiger partial charge in [0, 0.05) is 25.7 Å². The van der Waals surface area contributed by atoms with Crippen molar-refractivity contribution in [2.75, 3.05) is 25.5 Å². The molecule has 0 aliphatic carbocycles. The highest BCUT2D eigenvalue weighted by Crippen LogP contribution is 2.28. The van der Waals surface area contributed by atoms with Crippen LogP contribution < -0.4 is 5.32 Å². The zero-order valence-electron chi connectivity index (χ0n) is 16.4. The molecule has 2 aromatic carbocycles. The summed E-state index contributed by atoms with van der Waals surface area (Å²) >= 11 is 0. The first-order valence-corrected chi connectivity index (χ1v) is 11.1. The Balaban J connectivity index is 1.63. The van der Waals surface area contributed by atoms with Gasteiger partial charge in [-0.25, -0.2) is 8.42 Å².